The average molecular weight is 539 g/mol. The number of amides is 1. The van der Waals surface area contributed by atoms with E-state index in [2.05, 4.69) is 0 Å². The van der Waals surface area contributed by atoms with Crippen LogP contribution < -0.4 is 9.86 Å². The van der Waals surface area contributed by atoms with E-state index in [4.69, 9.17) is 4.74 Å². The molecule has 0 unspecified atom stereocenters. The summed E-state index contributed by atoms with van der Waals surface area (Å²) < 4.78 is 33.3. The number of hydrogen-bond donors (Lipinski definition) is 0. The number of aryl methyl sites for hydroxylation is 1. The third-order valence-corrected chi connectivity index (χ3v) is 7.61. The second-order valence-electron chi connectivity index (χ2n) is 9.55. The van der Waals surface area contributed by atoms with Crippen LogP contribution in [0, 0.1) is 6.92 Å². The first-order valence-electron chi connectivity index (χ1n) is 11.4. The number of carbonyl (C=O) groups excluding carboxylic acids is 2. The van der Waals surface area contributed by atoms with Crippen LogP contribution in [0.2, 0.25) is 0 Å². The van der Waals surface area contributed by atoms with Crippen molar-refractivity contribution in [2.75, 3.05) is 10.6 Å². The van der Waals surface area contributed by atoms with Crippen molar-refractivity contribution in [2.24, 2.45) is 0 Å². The minimum Gasteiger partial charge on any atom is -0.443 e. The summed E-state index contributed by atoms with van der Waals surface area (Å²) in [6.07, 6.45) is -0.277. The topological polar surface area (TPSA) is 103 Å². The van der Waals surface area contributed by atoms with Gasteiger partial charge in [0.05, 0.1) is 17.5 Å². The normalized spacial score (nSPS) is 11.9. The highest BCUT2D eigenvalue weighted by molar-refractivity contribution is 7.93. The maximum Gasteiger partial charge on any atom is 0.429 e. The quantitative estimate of drug-likeness (QED) is 0.320. The molecule has 0 aliphatic carbocycles. The summed E-state index contributed by atoms with van der Waals surface area (Å²) in [5, 5.41) is 0.195. The number of carbonyl (C=O) groups is 2. The van der Waals surface area contributed by atoms with Crippen LogP contribution in [-0.4, -0.2) is 36.7 Å². The van der Waals surface area contributed by atoms with Crippen molar-refractivity contribution in [2.45, 2.75) is 33.3 Å². The van der Waals surface area contributed by atoms with Crippen molar-refractivity contribution in [1.82, 2.24) is 4.57 Å². The Labute approximate surface area is 218 Å². The van der Waals surface area contributed by atoms with Crippen molar-refractivity contribution in [1.29, 1.82) is 0 Å². The zero-order valence-electron chi connectivity index (χ0n) is 21.0. The highest BCUT2D eigenvalue weighted by Crippen LogP contribution is 2.41. The molecule has 0 aliphatic rings. The molecule has 1 amide bonds. The van der Waals surface area contributed by atoms with Crippen molar-refractivity contribution in [3.8, 4) is 5.69 Å². The van der Waals surface area contributed by atoms with E-state index in [9.17, 15) is 22.8 Å². The zero-order chi connectivity index (χ0) is 27.1. The van der Waals surface area contributed by atoms with Crippen LogP contribution in [0.1, 0.15) is 42.3 Å². The van der Waals surface area contributed by atoms with Gasteiger partial charge in [0.2, 0.25) is 10.0 Å². The molecule has 37 heavy (non-hydrogen) atoms. The van der Waals surface area contributed by atoms with Gasteiger partial charge in [-0.15, -0.1) is 0 Å². The fourth-order valence-electron chi connectivity index (χ4n) is 3.86. The highest BCUT2D eigenvalue weighted by Gasteiger charge is 2.37. The number of fused-ring (bicyclic) bond motifs is 1. The summed E-state index contributed by atoms with van der Waals surface area (Å²) in [6.45, 7) is 6.67. The predicted octanol–water partition coefficient (Wildman–Crippen LogP) is 5.29. The van der Waals surface area contributed by atoms with E-state index in [1.165, 1.54) is 16.7 Å². The van der Waals surface area contributed by atoms with E-state index in [0.717, 1.165) is 23.2 Å². The average Bonchev–Trinajstić information content (AvgIpc) is 3.15. The van der Waals surface area contributed by atoms with Gasteiger partial charge in [0, 0.05) is 17.0 Å². The number of aromatic nitrogens is 1. The second kappa shape index (κ2) is 9.60. The fraction of sp³-hybridized carbons (Fsp3) is 0.222. The van der Waals surface area contributed by atoms with Gasteiger partial charge >= 0.3 is 6.09 Å². The lowest BCUT2D eigenvalue weighted by Gasteiger charge is -2.25. The van der Waals surface area contributed by atoms with Crippen molar-refractivity contribution < 1.29 is 22.7 Å². The number of rotatable bonds is 5. The Morgan fingerprint density at radius 2 is 1.65 bits per heavy atom. The Balaban J connectivity index is 2.10. The third-order valence-electron chi connectivity index (χ3n) is 5.32. The lowest BCUT2D eigenvalue weighted by atomic mass is 10.0. The van der Waals surface area contributed by atoms with Gasteiger partial charge in [0.25, 0.3) is 5.56 Å². The summed E-state index contributed by atoms with van der Waals surface area (Å²) in [5.41, 5.74) is 0.305. The Morgan fingerprint density at radius 1 is 0.973 bits per heavy atom. The molecule has 2 aromatic carbocycles. The van der Waals surface area contributed by atoms with Crippen molar-refractivity contribution >= 4 is 48.5 Å². The Kier molecular flexibility index (Phi) is 6.83. The molecule has 0 spiro atoms. The molecule has 8 nitrogen and oxygen atoms in total. The number of thiophene rings is 1. The largest absolute Gasteiger partial charge is 0.443 e. The molecule has 192 valence electrons. The molecule has 0 N–H and O–H groups in total. The summed E-state index contributed by atoms with van der Waals surface area (Å²) in [7, 11) is -4.24. The highest BCUT2D eigenvalue weighted by atomic mass is 32.2. The number of hydrogen-bond acceptors (Lipinski definition) is 7. The molecule has 10 heteroatoms. The SMILES string of the molecule is Cc1cccc(C(=O)c2c(N(C(=O)OC(C)(C)C)S(C)(=O)=O)sc3c2ccc(=O)n3-c2ccccc2)c1. The number of benzene rings is 2. The minimum atomic E-state index is -4.24. The first kappa shape index (κ1) is 26.3. The van der Waals surface area contributed by atoms with Gasteiger partial charge in [-0.05, 0) is 52.0 Å². The van der Waals surface area contributed by atoms with Gasteiger partial charge < -0.3 is 4.74 Å². The summed E-state index contributed by atoms with van der Waals surface area (Å²) in [6, 6.07) is 18.4. The van der Waals surface area contributed by atoms with Gasteiger partial charge in [-0.3, -0.25) is 14.2 Å². The van der Waals surface area contributed by atoms with Gasteiger partial charge in [-0.2, -0.15) is 4.31 Å². The van der Waals surface area contributed by atoms with E-state index in [-0.39, 0.29) is 16.1 Å². The zero-order valence-corrected chi connectivity index (χ0v) is 22.6. The smallest absolute Gasteiger partial charge is 0.429 e. The first-order valence-corrected chi connectivity index (χ1v) is 14.0. The molecule has 2 heterocycles. The van der Waals surface area contributed by atoms with E-state index in [1.807, 2.05) is 13.0 Å². The predicted molar refractivity (Wildman–Crippen MR) is 146 cm³/mol. The second-order valence-corrected chi connectivity index (χ2v) is 12.4. The summed E-state index contributed by atoms with van der Waals surface area (Å²) >= 11 is 0.864. The molecule has 0 saturated carbocycles. The van der Waals surface area contributed by atoms with Crippen molar-refractivity contribution in [3.05, 3.63) is 93.8 Å². The minimum absolute atomic E-state index is 0.00781. The lowest BCUT2D eigenvalue weighted by Crippen LogP contribution is -2.40. The Bertz CT molecular complexity index is 1680. The fourth-order valence-corrected chi connectivity index (χ4v) is 6.29. The molecular weight excluding hydrogens is 512 g/mol. The first-order chi connectivity index (χ1) is 17.3. The molecule has 4 rings (SSSR count). The van der Waals surface area contributed by atoms with Crippen molar-refractivity contribution in [3.63, 3.8) is 0 Å². The van der Waals surface area contributed by atoms with E-state index in [0.29, 0.717) is 25.8 Å². The number of sulfonamides is 1. The van der Waals surface area contributed by atoms with Crippen LogP contribution in [0.3, 0.4) is 0 Å². The monoisotopic (exact) mass is 538 g/mol. The van der Waals surface area contributed by atoms with Gasteiger partial charge in [-0.1, -0.05) is 53.3 Å². The Hall–Kier alpha value is -3.76. The Morgan fingerprint density at radius 3 is 2.24 bits per heavy atom. The molecule has 0 bridgehead atoms. The standard InChI is InChI=1S/C27H26N2O6S2/c1-17-10-9-11-18(16-17)23(31)22-20-14-15-21(30)28(19-12-7-6-8-13-19)24(20)36-25(22)29(37(5,33)34)26(32)35-27(2,3)4/h6-16H,1-5H3. The third kappa shape index (κ3) is 5.35. The van der Waals surface area contributed by atoms with Crippen LogP contribution in [0.25, 0.3) is 15.9 Å². The van der Waals surface area contributed by atoms with Gasteiger partial charge in [-0.25, -0.2) is 13.2 Å². The number of pyridine rings is 1. The number of nitrogens with zero attached hydrogens (tertiary/aromatic N) is 2. The van der Waals surface area contributed by atoms with Crippen LogP contribution >= 0.6 is 11.3 Å². The molecule has 0 fully saturated rings. The van der Waals surface area contributed by atoms with Crippen LogP contribution in [0.5, 0.6) is 0 Å². The molecular formula is C27H26N2O6S2. The molecule has 2 aromatic heterocycles. The van der Waals surface area contributed by atoms with Crippen LogP contribution in [0.15, 0.2) is 71.5 Å². The number of para-hydroxylation sites is 1. The summed E-state index contributed by atoms with van der Waals surface area (Å²) in [4.78, 5) is 40.4. The maximum atomic E-state index is 13.9. The van der Waals surface area contributed by atoms with E-state index < -0.39 is 27.5 Å². The van der Waals surface area contributed by atoms with Crippen LogP contribution in [-0.2, 0) is 14.8 Å². The van der Waals surface area contributed by atoms with Crippen LogP contribution in [0.4, 0.5) is 9.80 Å². The molecule has 0 radical (unpaired) electrons. The van der Waals surface area contributed by atoms with E-state index >= 15 is 0 Å². The molecule has 0 atom stereocenters. The number of ether oxygens (including phenoxy) is 1. The number of ketones is 1. The maximum absolute atomic E-state index is 13.9. The lowest BCUT2D eigenvalue weighted by molar-refractivity contribution is 0.0610. The molecule has 4 aromatic rings. The van der Waals surface area contributed by atoms with Gasteiger partial charge in [0.1, 0.15) is 15.4 Å². The van der Waals surface area contributed by atoms with E-state index in [1.54, 1.807) is 69.3 Å². The molecule has 0 saturated heterocycles. The molecule has 0 aliphatic heterocycles. The van der Waals surface area contributed by atoms with Gasteiger partial charge in [0.15, 0.2) is 5.78 Å². The number of anilines is 1. The summed E-state index contributed by atoms with van der Waals surface area (Å²) in [5.74, 6) is -0.486.